The summed E-state index contributed by atoms with van der Waals surface area (Å²) in [6.45, 7) is 2.58. The molecule has 2 aliphatic rings. The Hall–Kier alpha value is -1.63. The number of hydrogen-bond acceptors (Lipinski definition) is 5. The van der Waals surface area contributed by atoms with Gasteiger partial charge in [0.15, 0.2) is 0 Å². The predicted octanol–water partition coefficient (Wildman–Crippen LogP) is 1.40. The molecule has 3 N–H and O–H groups in total. The third-order valence-corrected chi connectivity index (χ3v) is 4.31. The second-order valence-electron chi connectivity index (χ2n) is 5.94. The summed E-state index contributed by atoms with van der Waals surface area (Å²) in [5.74, 6) is 1.34. The summed E-state index contributed by atoms with van der Waals surface area (Å²) in [6.07, 6.45) is 4.93. The van der Waals surface area contributed by atoms with Crippen LogP contribution in [-0.2, 0) is 10.2 Å². The molecule has 3 rings (SSSR count). The number of aromatic nitrogens is 2. The molecule has 0 bridgehead atoms. The van der Waals surface area contributed by atoms with Crippen LogP contribution in [0.1, 0.15) is 56.8 Å². The second kappa shape index (κ2) is 5.05. The van der Waals surface area contributed by atoms with Gasteiger partial charge in [0.1, 0.15) is 6.10 Å². The van der Waals surface area contributed by atoms with E-state index in [1.54, 1.807) is 0 Å². The minimum Gasteiger partial charge on any atom is -0.365 e. The van der Waals surface area contributed by atoms with E-state index >= 15 is 0 Å². The lowest BCUT2D eigenvalue weighted by Gasteiger charge is -2.34. The first-order valence-electron chi connectivity index (χ1n) is 7.10. The maximum Gasteiger partial charge on any atom is 0.312 e. The SMILES string of the molecule is CC1(c2nc(C3CCC(CNC(N)=O)O3)no2)CCC1. The summed E-state index contributed by atoms with van der Waals surface area (Å²) < 4.78 is 11.2. The lowest BCUT2D eigenvalue weighted by atomic mass is 9.70. The standard InChI is InChI=1S/C13H20N4O3/c1-13(5-2-6-13)11-16-10(17-20-11)9-4-3-8(19-9)7-15-12(14)18/h8-9H,2-7H2,1H3,(H3,14,15,18). The topological polar surface area (TPSA) is 103 Å². The number of amides is 2. The fourth-order valence-electron chi connectivity index (χ4n) is 2.79. The van der Waals surface area contributed by atoms with Crippen molar-refractivity contribution >= 4 is 6.03 Å². The molecule has 1 saturated carbocycles. The zero-order chi connectivity index (χ0) is 14.2. The quantitative estimate of drug-likeness (QED) is 0.867. The van der Waals surface area contributed by atoms with Crippen LogP contribution in [0.2, 0.25) is 0 Å². The Morgan fingerprint density at radius 1 is 1.50 bits per heavy atom. The molecule has 7 heteroatoms. The fraction of sp³-hybridized carbons (Fsp3) is 0.769. The monoisotopic (exact) mass is 280 g/mol. The van der Waals surface area contributed by atoms with E-state index in [0.717, 1.165) is 31.6 Å². The van der Waals surface area contributed by atoms with Crippen molar-refractivity contribution in [3.05, 3.63) is 11.7 Å². The molecule has 2 unspecified atom stereocenters. The van der Waals surface area contributed by atoms with Gasteiger partial charge < -0.3 is 20.3 Å². The first-order valence-corrected chi connectivity index (χ1v) is 7.10. The minimum atomic E-state index is -0.531. The summed E-state index contributed by atoms with van der Waals surface area (Å²) in [5, 5.41) is 6.61. The summed E-state index contributed by atoms with van der Waals surface area (Å²) in [6, 6.07) is -0.531. The van der Waals surface area contributed by atoms with Crippen molar-refractivity contribution in [3.8, 4) is 0 Å². The summed E-state index contributed by atoms with van der Waals surface area (Å²) in [4.78, 5) is 15.2. The van der Waals surface area contributed by atoms with Crippen LogP contribution in [0.5, 0.6) is 0 Å². The van der Waals surface area contributed by atoms with Gasteiger partial charge in [-0.2, -0.15) is 4.98 Å². The Balaban J connectivity index is 1.59. The molecule has 2 amide bonds. The van der Waals surface area contributed by atoms with E-state index in [0.29, 0.717) is 12.4 Å². The highest BCUT2D eigenvalue weighted by Gasteiger charge is 2.40. The molecule has 2 atom stereocenters. The predicted molar refractivity (Wildman–Crippen MR) is 69.9 cm³/mol. The lowest BCUT2D eigenvalue weighted by molar-refractivity contribution is 0.0402. The van der Waals surface area contributed by atoms with Gasteiger partial charge in [-0.05, 0) is 25.7 Å². The van der Waals surface area contributed by atoms with Gasteiger partial charge in [-0.25, -0.2) is 4.79 Å². The maximum atomic E-state index is 10.7. The molecule has 1 saturated heterocycles. The molecule has 7 nitrogen and oxygen atoms in total. The lowest BCUT2D eigenvalue weighted by Crippen LogP contribution is -2.35. The van der Waals surface area contributed by atoms with Crippen LogP contribution < -0.4 is 11.1 Å². The maximum absolute atomic E-state index is 10.7. The molecule has 1 aromatic rings. The van der Waals surface area contributed by atoms with Crippen molar-refractivity contribution in [3.63, 3.8) is 0 Å². The highest BCUT2D eigenvalue weighted by Crippen LogP contribution is 2.43. The number of primary amides is 1. The van der Waals surface area contributed by atoms with Crippen molar-refractivity contribution in [2.24, 2.45) is 5.73 Å². The van der Waals surface area contributed by atoms with Crippen LogP contribution in [0.15, 0.2) is 4.52 Å². The first kappa shape index (κ1) is 13.4. The van der Waals surface area contributed by atoms with Crippen LogP contribution in [0, 0.1) is 0 Å². The first-order chi connectivity index (χ1) is 9.57. The third-order valence-electron chi connectivity index (χ3n) is 4.31. The molecule has 0 radical (unpaired) electrons. The minimum absolute atomic E-state index is 0.0336. The number of rotatable bonds is 4. The molecule has 20 heavy (non-hydrogen) atoms. The fourth-order valence-corrected chi connectivity index (χ4v) is 2.79. The van der Waals surface area contributed by atoms with E-state index in [1.807, 2.05) is 0 Å². The zero-order valence-corrected chi connectivity index (χ0v) is 11.6. The van der Waals surface area contributed by atoms with Gasteiger partial charge in [-0.3, -0.25) is 0 Å². The molecule has 1 aromatic heterocycles. The molecule has 1 aliphatic heterocycles. The van der Waals surface area contributed by atoms with E-state index in [9.17, 15) is 4.79 Å². The van der Waals surface area contributed by atoms with Gasteiger partial charge in [0.05, 0.1) is 6.10 Å². The second-order valence-corrected chi connectivity index (χ2v) is 5.94. The summed E-state index contributed by atoms with van der Waals surface area (Å²) >= 11 is 0. The average Bonchev–Trinajstić information content (AvgIpc) is 3.02. The van der Waals surface area contributed by atoms with Crippen LogP contribution in [0.3, 0.4) is 0 Å². The molecule has 110 valence electrons. The number of nitrogens with two attached hydrogens (primary N) is 1. The molecular weight excluding hydrogens is 260 g/mol. The zero-order valence-electron chi connectivity index (χ0n) is 11.6. The Morgan fingerprint density at radius 3 is 2.95 bits per heavy atom. The van der Waals surface area contributed by atoms with Gasteiger partial charge >= 0.3 is 6.03 Å². The van der Waals surface area contributed by atoms with Crippen molar-refractivity contribution in [2.75, 3.05) is 6.54 Å². The molecule has 1 aliphatic carbocycles. The number of hydrogen-bond donors (Lipinski definition) is 2. The summed E-state index contributed by atoms with van der Waals surface area (Å²) in [5.41, 5.74) is 5.10. The van der Waals surface area contributed by atoms with Crippen molar-refractivity contribution in [1.82, 2.24) is 15.5 Å². The molecule has 2 fully saturated rings. The van der Waals surface area contributed by atoms with Crippen molar-refractivity contribution in [1.29, 1.82) is 0 Å². The highest BCUT2D eigenvalue weighted by atomic mass is 16.5. The van der Waals surface area contributed by atoms with Gasteiger partial charge in [0.25, 0.3) is 0 Å². The van der Waals surface area contributed by atoms with E-state index in [1.165, 1.54) is 6.42 Å². The van der Waals surface area contributed by atoms with Crippen LogP contribution >= 0.6 is 0 Å². The Bertz CT molecular complexity index is 498. The van der Waals surface area contributed by atoms with Crippen LogP contribution in [0.4, 0.5) is 4.79 Å². The average molecular weight is 280 g/mol. The largest absolute Gasteiger partial charge is 0.365 e. The number of nitrogens with zero attached hydrogens (tertiary/aromatic N) is 2. The van der Waals surface area contributed by atoms with Crippen molar-refractivity contribution in [2.45, 2.75) is 56.7 Å². The number of urea groups is 1. The number of carbonyl (C=O) groups is 1. The molecule has 0 aromatic carbocycles. The van der Waals surface area contributed by atoms with E-state index in [2.05, 4.69) is 22.4 Å². The smallest absolute Gasteiger partial charge is 0.312 e. The highest BCUT2D eigenvalue weighted by molar-refractivity contribution is 5.71. The molecule has 2 heterocycles. The van der Waals surface area contributed by atoms with Gasteiger partial charge in [0.2, 0.25) is 11.7 Å². The number of carbonyl (C=O) groups excluding carboxylic acids is 1. The van der Waals surface area contributed by atoms with Gasteiger partial charge in [-0.1, -0.05) is 18.5 Å². The number of nitrogens with one attached hydrogen (secondary N) is 1. The summed E-state index contributed by atoms with van der Waals surface area (Å²) in [7, 11) is 0. The van der Waals surface area contributed by atoms with E-state index < -0.39 is 6.03 Å². The van der Waals surface area contributed by atoms with Crippen LogP contribution in [-0.4, -0.2) is 28.8 Å². The number of ether oxygens (including phenoxy) is 1. The Morgan fingerprint density at radius 2 is 2.30 bits per heavy atom. The van der Waals surface area contributed by atoms with Crippen molar-refractivity contribution < 1.29 is 14.1 Å². The normalized spacial score (nSPS) is 28.1. The third kappa shape index (κ3) is 2.49. The molecular formula is C13H20N4O3. The Labute approximate surface area is 117 Å². The van der Waals surface area contributed by atoms with Gasteiger partial charge in [-0.15, -0.1) is 0 Å². The Kier molecular flexibility index (Phi) is 3.37. The van der Waals surface area contributed by atoms with E-state index in [-0.39, 0.29) is 17.6 Å². The van der Waals surface area contributed by atoms with E-state index in [4.69, 9.17) is 15.0 Å². The molecule has 0 spiro atoms. The van der Waals surface area contributed by atoms with Gasteiger partial charge in [0, 0.05) is 12.0 Å². The van der Waals surface area contributed by atoms with Crippen LogP contribution in [0.25, 0.3) is 0 Å².